The molecule has 0 atom stereocenters. The van der Waals surface area contributed by atoms with E-state index in [-0.39, 0.29) is 18.8 Å². The molecule has 0 aromatic heterocycles. The lowest BCUT2D eigenvalue weighted by atomic mass is 10.1. The maximum atomic E-state index is 13.2. The average Bonchev–Trinajstić information content (AvgIpc) is 2.46. The number of benzene rings is 2. The van der Waals surface area contributed by atoms with Crippen molar-refractivity contribution in [1.82, 2.24) is 0 Å². The Labute approximate surface area is 120 Å². The van der Waals surface area contributed by atoms with Crippen molar-refractivity contribution >= 4 is 11.6 Å². The van der Waals surface area contributed by atoms with Crippen molar-refractivity contribution in [3.8, 4) is 11.8 Å². The predicted molar refractivity (Wildman–Crippen MR) is 72.8 cm³/mol. The van der Waals surface area contributed by atoms with E-state index in [0.29, 0.717) is 21.9 Å². The maximum Gasteiger partial charge on any atom is 0.140 e. The molecule has 3 nitrogen and oxygen atoms in total. The molecule has 0 aliphatic rings. The molecule has 0 fully saturated rings. The molecule has 2 aromatic carbocycles. The number of hydrogen-bond donors (Lipinski definition) is 1. The molecule has 0 aliphatic heterocycles. The average molecular weight is 292 g/mol. The Morgan fingerprint density at radius 1 is 1.30 bits per heavy atom. The summed E-state index contributed by atoms with van der Waals surface area (Å²) in [6.07, 6.45) is 0. The largest absolute Gasteiger partial charge is 0.488 e. The Balaban J connectivity index is 2.17. The van der Waals surface area contributed by atoms with Crippen molar-refractivity contribution in [2.45, 2.75) is 13.2 Å². The molecule has 2 rings (SSSR count). The zero-order valence-electron chi connectivity index (χ0n) is 10.4. The third-order valence-electron chi connectivity index (χ3n) is 2.78. The van der Waals surface area contributed by atoms with Crippen molar-refractivity contribution in [1.29, 1.82) is 5.26 Å². The highest BCUT2D eigenvalue weighted by atomic mass is 35.5. The lowest BCUT2D eigenvalue weighted by Crippen LogP contribution is -2.00. The van der Waals surface area contributed by atoms with E-state index in [4.69, 9.17) is 21.6 Å². The van der Waals surface area contributed by atoms with Crippen molar-refractivity contribution in [3.63, 3.8) is 0 Å². The molecule has 0 aliphatic carbocycles. The minimum absolute atomic E-state index is 0.0282. The zero-order valence-corrected chi connectivity index (χ0v) is 11.2. The Hall–Kier alpha value is -2.09. The molecule has 2 aromatic rings. The highest BCUT2D eigenvalue weighted by Gasteiger charge is 2.08. The number of hydrogen-bond acceptors (Lipinski definition) is 3. The van der Waals surface area contributed by atoms with Crippen LogP contribution in [0.1, 0.15) is 16.7 Å². The molecule has 0 unspecified atom stereocenters. The molecular weight excluding hydrogens is 281 g/mol. The fourth-order valence-electron chi connectivity index (χ4n) is 1.74. The summed E-state index contributed by atoms with van der Waals surface area (Å²) in [5, 5.41) is 18.4. The first-order valence-corrected chi connectivity index (χ1v) is 6.23. The Morgan fingerprint density at radius 2 is 2.10 bits per heavy atom. The molecule has 0 heterocycles. The summed E-state index contributed by atoms with van der Waals surface area (Å²) in [5.74, 6) is -0.0992. The quantitative estimate of drug-likeness (QED) is 0.939. The fourth-order valence-corrected chi connectivity index (χ4v) is 1.96. The fraction of sp³-hybridized carbons (Fsp3) is 0.133. The van der Waals surface area contributed by atoms with Gasteiger partial charge in [0.1, 0.15) is 24.2 Å². The monoisotopic (exact) mass is 291 g/mol. The van der Waals surface area contributed by atoms with Crippen LogP contribution in [0.25, 0.3) is 0 Å². The number of rotatable bonds is 4. The van der Waals surface area contributed by atoms with Crippen LogP contribution in [0.3, 0.4) is 0 Å². The number of halogens is 2. The maximum absolute atomic E-state index is 13.2. The standard InChI is InChI=1S/C15H11ClFNO2/c16-13-2-1-3-15(12(13)8-19)20-9-10-4-5-14(17)11(6-10)7-18/h1-6,19H,8-9H2. The number of nitriles is 1. The van der Waals surface area contributed by atoms with E-state index in [0.717, 1.165) is 0 Å². The second-order valence-corrected chi connectivity index (χ2v) is 4.50. The highest BCUT2D eigenvalue weighted by Crippen LogP contribution is 2.27. The third-order valence-corrected chi connectivity index (χ3v) is 3.13. The van der Waals surface area contributed by atoms with Crippen LogP contribution in [0.2, 0.25) is 5.02 Å². The first kappa shape index (κ1) is 14.3. The van der Waals surface area contributed by atoms with E-state index in [1.807, 2.05) is 0 Å². The highest BCUT2D eigenvalue weighted by molar-refractivity contribution is 6.31. The molecule has 1 N–H and O–H groups in total. The van der Waals surface area contributed by atoms with Gasteiger partial charge in [0.2, 0.25) is 0 Å². The molecule has 5 heteroatoms. The Bertz CT molecular complexity index is 667. The van der Waals surface area contributed by atoms with Gasteiger partial charge in [0.25, 0.3) is 0 Å². The number of ether oxygens (including phenoxy) is 1. The van der Waals surface area contributed by atoms with Gasteiger partial charge in [-0.25, -0.2) is 4.39 Å². The van der Waals surface area contributed by atoms with Crippen LogP contribution in [-0.4, -0.2) is 5.11 Å². The van der Waals surface area contributed by atoms with Crippen LogP contribution in [0, 0.1) is 17.1 Å². The van der Waals surface area contributed by atoms with Crippen molar-refractivity contribution in [3.05, 3.63) is 63.9 Å². The summed E-state index contributed by atoms with van der Waals surface area (Å²) >= 11 is 5.95. The molecule has 0 saturated heterocycles. The topological polar surface area (TPSA) is 53.2 Å². The number of aliphatic hydroxyl groups is 1. The van der Waals surface area contributed by atoms with Crippen LogP contribution < -0.4 is 4.74 Å². The van der Waals surface area contributed by atoms with Crippen LogP contribution >= 0.6 is 11.6 Å². The second kappa shape index (κ2) is 6.38. The smallest absolute Gasteiger partial charge is 0.140 e. The molecule has 0 radical (unpaired) electrons. The predicted octanol–water partition coefficient (Wildman–Crippen LogP) is 3.42. The first-order chi connectivity index (χ1) is 9.65. The molecule has 0 saturated carbocycles. The molecular formula is C15H11ClFNO2. The number of aliphatic hydroxyl groups excluding tert-OH is 1. The van der Waals surface area contributed by atoms with Gasteiger partial charge in [-0.3, -0.25) is 0 Å². The molecule has 0 bridgehead atoms. The lowest BCUT2D eigenvalue weighted by molar-refractivity contribution is 0.259. The second-order valence-electron chi connectivity index (χ2n) is 4.09. The van der Waals surface area contributed by atoms with Crippen molar-refractivity contribution in [2.24, 2.45) is 0 Å². The summed E-state index contributed by atoms with van der Waals surface area (Å²) < 4.78 is 18.7. The summed E-state index contributed by atoms with van der Waals surface area (Å²) in [6, 6.07) is 11.0. The van der Waals surface area contributed by atoms with Gasteiger partial charge in [-0.15, -0.1) is 0 Å². The van der Waals surface area contributed by atoms with Gasteiger partial charge in [0.15, 0.2) is 0 Å². The van der Waals surface area contributed by atoms with Gasteiger partial charge in [0, 0.05) is 10.6 Å². The minimum Gasteiger partial charge on any atom is -0.488 e. The van der Waals surface area contributed by atoms with Crippen LogP contribution in [0.15, 0.2) is 36.4 Å². The van der Waals surface area contributed by atoms with E-state index in [9.17, 15) is 9.50 Å². The minimum atomic E-state index is -0.560. The van der Waals surface area contributed by atoms with Gasteiger partial charge in [-0.05, 0) is 29.8 Å². The Morgan fingerprint density at radius 3 is 2.80 bits per heavy atom. The van der Waals surface area contributed by atoms with Crippen LogP contribution in [0.4, 0.5) is 4.39 Å². The summed E-state index contributed by atoms with van der Waals surface area (Å²) in [4.78, 5) is 0. The van der Waals surface area contributed by atoms with Crippen LogP contribution in [-0.2, 0) is 13.2 Å². The van der Waals surface area contributed by atoms with Gasteiger partial charge >= 0.3 is 0 Å². The zero-order chi connectivity index (χ0) is 14.5. The van der Waals surface area contributed by atoms with Gasteiger partial charge in [-0.1, -0.05) is 23.7 Å². The van der Waals surface area contributed by atoms with Crippen LogP contribution in [0.5, 0.6) is 5.75 Å². The van der Waals surface area contributed by atoms with Crippen molar-refractivity contribution in [2.75, 3.05) is 0 Å². The van der Waals surface area contributed by atoms with E-state index in [2.05, 4.69) is 0 Å². The van der Waals surface area contributed by atoms with Gasteiger partial charge < -0.3 is 9.84 Å². The molecule has 0 spiro atoms. The normalized spacial score (nSPS) is 10.1. The molecule has 0 amide bonds. The molecule has 102 valence electrons. The lowest BCUT2D eigenvalue weighted by Gasteiger charge is -2.11. The summed E-state index contributed by atoms with van der Waals surface area (Å²) in [7, 11) is 0. The van der Waals surface area contributed by atoms with E-state index in [1.54, 1.807) is 30.3 Å². The SMILES string of the molecule is N#Cc1cc(COc2cccc(Cl)c2CO)ccc1F. The van der Waals surface area contributed by atoms with E-state index in [1.165, 1.54) is 12.1 Å². The Kier molecular flexibility index (Phi) is 4.57. The van der Waals surface area contributed by atoms with E-state index >= 15 is 0 Å². The number of nitrogens with zero attached hydrogens (tertiary/aromatic N) is 1. The van der Waals surface area contributed by atoms with E-state index < -0.39 is 5.82 Å². The first-order valence-electron chi connectivity index (χ1n) is 5.85. The van der Waals surface area contributed by atoms with Gasteiger partial charge in [0.05, 0.1) is 12.2 Å². The van der Waals surface area contributed by atoms with Gasteiger partial charge in [-0.2, -0.15) is 5.26 Å². The summed E-state index contributed by atoms with van der Waals surface area (Å²) in [5.41, 5.74) is 1.13. The summed E-state index contributed by atoms with van der Waals surface area (Å²) in [6.45, 7) is -0.0792. The molecule has 20 heavy (non-hydrogen) atoms. The third kappa shape index (κ3) is 3.08. The van der Waals surface area contributed by atoms with Crippen molar-refractivity contribution < 1.29 is 14.2 Å².